The van der Waals surface area contributed by atoms with Gasteiger partial charge in [0.1, 0.15) is 11.4 Å². The van der Waals surface area contributed by atoms with E-state index >= 15 is 0 Å². The molecule has 1 aliphatic rings. The zero-order valence-electron chi connectivity index (χ0n) is 13.0. The van der Waals surface area contributed by atoms with Gasteiger partial charge in [0.2, 0.25) is 0 Å². The van der Waals surface area contributed by atoms with Crippen LogP contribution in [0.25, 0.3) is 0 Å². The first kappa shape index (κ1) is 19.5. The molecule has 0 saturated carbocycles. The van der Waals surface area contributed by atoms with Crippen LogP contribution in [0.5, 0.6) is 5.75 Å². The van der Waals surface area contributed by atoms with Crippen molar-refractivity contribution in [2.75, 3.05) is 19.0 Å². The van der Waals surface area contributed by atoms with E-state index < -0.39 is 9.05 Å². The van der Waals surface area contributed by atoms with Crippen molar-refractivity contribution in [3.8, 4) is 5.75 Å². The van der Waals surface area contributed by atoms with E-state index in [0.29, 0.717) is 11.4 Å². The summed E-state index contributed by atoms with van der Waals surface area (Å²) < 4.78 is 27.1. The SMILES string of the molecule is COc1ccc(S(=O)(=O)Cl)cc1.O=[N+]([O-])c1cc(Br)cc2c1NCC2. The van der Waals surface area contributed by atoms with Crippen molar-refractivity contribution in [2.24, 2.45) is 0 Å². The fraction of sp³-hybridized carbons (Fsp3) is 0.200. The van der Waals surface area contributed by atoms with Crippen LogP contribution >= 0.6 is 26.6 Å². The Morgan fingerprint density at radius 3 is 2.44 bits per heavy atom. The van der Waals surface area contributed by atoms with Gasteiger partial charge in [-0.05, 0) is 42.3 Å². The van der Waals surface area contributed by atoms with Crippen LogP contribution in [0.15, 0.2) is 45.8 Å². The van der Waals surface area contributed by atoms with Gasteiger partial charge >= 0.3 is 0 Å². The molecule has 0 fully saturated rings. The molecule has 2 aromatic rings. The molecule has 0 amide bonds. The highest BCUT2D eigenvalue weighted by Gasteiger charge is 2.22. The maximum absolute atomic E-state index is 10.8. The highest BCUT2D eigenvalue weighted by Crippen LogP contribution is 2.35. The van der Waals surface area contributed by atoms with E-state index in [1.165, 1.54) is 37.4 Å². The van der Waals surface area contributed by atoms with Gasteiger partial charge in [-0.25, -0.2) is 8.42 Å². The van der Waals surface area contributed by atoms with E-state index in [1.54, 1.807) is 0 Å². The molecule has 0 spiro atoms. The summed E-state index contributed by atoms with van der Waals surface area (Å²) in [7, 11) is 2.98. The molecule has 134 valence electrons. The van der Waals surface area contributed by atoms with Gasteiger partial charge < -0.3 is 10.1 Å². The van der Waals surface area contributed by atoms with Crippen molar-refractivity contribution in [1.29, 1.82) is 0 Å². The molecule has 0 atom stereocenters. The average molecular weight is 450 g/mol. The molecule has 0 saturated heterocycles. The lowest BCUT2D eigenvalue weighted by atomic mass is 10.1. The van der Waals surface area contributed by atoms with Gasteiger partial charge in [0.25, 0.3) is 14.7 Å². The number of ether oxygens (including phenoxy) is 1. The third kappa shape index (κ3) is 5.07. The van der Waals surface area contributed by atoms with Crippen LogP contribution in [0, 0.1) is 10.1 Å². The number of fused-ring (bicyclic) bond motifs is 1. The van der Waals surface area contributed by atoms with Crippen molar-refractivity contribution >= 4 is 47.0 Å². The van der Waals surface area contributed by atoms with Crippen molar-refractivity contribution in [3.05, 3.63) is 56.5 Å². The topological polar surface area (TPSA) is 98.5 Å². The minimum Gasteiger partial charge on any atom is -0.497 e. The zero-order valence-corrected chi connectivity index (χ0v) is 16.2. The molecule has 0 unspecified atom stereocenters. The lowest BCUT2D eigenvalue weighted by Gasteiger charge is -2.01. The number of nitro groups is 1. The molecule has 1 heterocycles. The zero-order chi connectivity index (χ0) is 18.6. The van der Waals surface area contributed by atoms with Gasteiger partial charge in [-0.2, -0.15) is 0 Å². The van der Waals surface area contributed by atoms with E-state index in [9.17, 15) is 18.5 Å². The maximum atomic E-state index is 10.8. The molecule has 2 aromatic carbocycles. The van der Waals surface area contributed by atoms with E-state index in [1.807, 2.05) is 6.07 Å². The van der Waals surface area contributed by atoms with Crippen LogP contribution in [0.2, 0.25) is 0 Å². The Morgan fingerprint density at radius 2 is 1.92 bits per heavy atom. The summed E-state index contributed by atoms with van der Waals surface area (Å²) >= 11 is 3.25. The Hall–Kier alpha value is -1.84. The fourth-order valence-corrected chi connectivity index (χ4v) is 3.52. The second kappa shape index (κ2) is 8.03. The Morgan fingerprint density at radius 1 is 1.28 bits per heavy atom. The number of nitro benzene ring substituents is 1. The van der Waals surface area contributed by atoms with Crippen LogP contribution in [0.4, 0.5) is 11.4 Å². The van der Waals surface area contributed by atoms with E-state index in [-0.39, 0.29) is 15.5 Å². The highest BCUT2D eigenvalue weighted by molar-refractivity contribution is 9.10. The molecular weight excluding hydrogens is 436 g/mol. The average Bonchev–Trinajstić information content (AvgIpc) is 3.02. The number of nitrogens with zero attached hydrogens (tertiary/aromatic N) is 1. The Labute approximate surface area is 157 Å². The van der Waals surface area contributed by atoms with Gasteiger partial charge in [0.15, 0.2) is 0 Å². The molecule has 1 N–H and O–H groups in total. The van der Waals surface area contributed by atoms with Gasteiger partial charge in [-0.3, -0.25) is 10.1 Å². The lowest BCUT2D eigenvalue weighted by molar-refractivity contribution is -0.384. The molecule has 1 aliphatic heterocycles. The van der Waals surface area contributed by atoms with Crippen LogP contribution in [-0.2, 0) is 15.5 Å². The second-order valence-corrected chi connectivity index (χ2v) is 8.49. The summed E-state index contributed by atoms with van der Waals surface area (Å²) in [6.45, 7) is 0.784. The number of anilines is 1. The summed E-state index contributed by atoms with van der Waals surface area (Å²) in [6.07, 6.45) is 0.857. The third-order valence-electron chi connectivity index (χ3n) is 3.40. The van der Waals surface area contributed by atoms with Crippen LogP contribution in [0.1, 0.15) is 5.56 Å². The van der Waals surface area contributed by atoms with Crippen molar-refractivity contribution < 1.29 is 18.1 Å². The van der Waals surface area contributed by atoms with Crippen LogP contribution < -0.4 is 10.1 Å². The number of benzene rings is 2. The molecular formula is C15H14BrClN2O5S. The first-order chi connectivity index (χ1) is 11.7. The summed E-state index contributed by atoms with van der Waals surface area (Å²) in [5, 5.41) is 13.7. The van der Waals surface area contributed by atoms with Gasteiger partial charge in [0, 0.05) is 27.8 Å². The number of methoxy groups -OCH3 is 1. The lowest BCUT2D eigenvalue weighted by Crippen LogP contribution is -1.96. The molecule has 3 rings (SSSR count). The fourth-order valence-electron chi connectivity index (χ4n) is 2.25. The number of rotatable bonds is 3. The number of nitrogens with one attached hydrogen (secondary N) is 1. The van der Waals surface area contributed by atoms with E-state index in [2.05, 4.69) is 21.2 Å². The standard InChI is InChI=1S/C8H7BrN2O2.C7H7ClO3S/c9-6-3-5-1-2-10-8(5)7(4-6)11(12)13;1-11-6-2-4-7(5-3-6)12(8,9)10/h3-4,10H,1-2H2;2-5H,1H3. The van der Waals surface area contributed by atoms with Crippen LogP contribution in [-0.4, -0.2) is 27.0 Å². The van der Waals surface area contributed by atoms with E-state index in [0.717, 1.165) is 23.0 Å². The largest absolute Gasteiger partial charge is 0.497 e. The Kier molecular flexibility index (Phi) is 6.26. The predicted molar refractivity (Wildman–Crippen MR) is 99.0 cm³/mol. The molecule has 7 nitrogen and oxygen atoms in total. The smallest absolute Gasteiger partial charge is 0.293 e. The minimum absolute atomic E-state index is 0.0740. The van der Waals surface area contributed by atoms with Crippen molar-refractivity contribution in [1.82, 2.24) is 0 Å². The molecule has 0 radical (unpaired) electrons. The van der Waals surface area contributed by atoms with Crippen LogP contribution in [0.3, 0.4) is 0 Å². The minimum atomic E-state index is -3.61. The molecule has 0 aliphatic carbocycles. The van der Waals surface area contributed by atoms with Gasteiger partial charge in [0.05, 0.1) is 16.9 Å². The third-order valence-corrected chi connectivity index (χ3v) is 5.23. The summed E-state index contributed by atoms with van der Waals surface area (Å²) in [5.41, 5.74) is 1.84. The van der Waals surface area contributed by atoms with Gasteiger partial charge in [-0.1, -0.05) is 15.9 Å². The quantitative estimate of drug-likeness (QED) is 0.433. The highest BCUT2D eigenvalue weighted by atomic mass is 79.9. The summed E-state index contributed by atoms with van der Waals surface area (Å²) in [6, 6.07) is 9.30. The van der Waals surface area contributed by atoms with Crippen molar-refractivity contribution in [3.63, 3.8) is 0 Å². The van der Waals surface area contributed by atoms with Crippen molar-refractivity contribution in [2.45, 2.75) is 11.3 Å². The monoisotopic (exact) mass is 448 g/mol. The van der Waals surface area contributed by atoms with Gasteiger partial charge in [-0.15, -0.1) is 0 Å². The maximum Gasteiger partial charge on any atom is 0.293 e. The molecule has 25 heavy (non-hydrogen) atoms. The summed E-state index contributed by atoms with van der Waals surface area (Å²) in [4.78, 5) is 10.4. The molecule has 0 aromatic heterocycles. The predicted octanol–water partition coefficient (Wildman–Crippen LogP) is 3.95. The van der Waals surface area contributed by atoms with E-state index in [4.69, 9.17) is 15.4 Å². The Balaban J connectivity index is 0.000000181. The molecule has 10 heteroatoms. The molecule has 0 bridgehead atoms. The normalized spacial score (nSPS) is 12.4. The Bertz CT molecular complexity index is 888. The first-order valence-corrected chi connectivity index (χ1v) is 10.1. The second-order valence-electron chi connectivity index (χ2n) is 5.01. The summed E-state index contributed by atoms with van der Waals surface area (Å²) in [5.74, 6) is 0.596. The number of halogens is 2. The number of hydrogen-bond donors (Lipinski definition) is 1. The first-order valence-electron chi connectivity index (χ1n) is 7.02. The number of hydrogen-bond acceptors (Lipinski definition) is 6.